The highest BCUT2D eigenvalue weighted by Crippen LogP contribution is 2.47. The predicted octanol–water partition coefficient (Wildman–Crippen LogP) is 13.7. The second kappa shape index (κ2) is 19.2. The van der Waals surface area contributed by atoms with Crippen molar-refractivity contribution in [3.8, 4) is 0 Å². The molecule has 2 N–H and O–H groups in total. The van der Waals surface area contributed by atoms with Gasteiger partial charge in [0.2, 0.25) is 0 Å². The van der Waals surface area contributed by atoms with Crippen molar-refractivity contribution in [3.05, 3.63) is 127 Å². The Bertz CT molecular complexity index is 3150. The molecule has 2 aromatic heterocycles. The summed E-state index contributed by atoms with van der Waals surface area (Å²) < 4.78 is 173. The van der Waals surface area contributed by atoms with Gasteiger partial charge in [-0.1, -0.05) is 26.8 Å². The number of rotatable bonds is 9. The van der Waals surface area contributed by atoms with Crippen LogP contribution in [0.1, 0.15) is 161 Å². The number of aromatic amines is 2. The number of alkyl halides is 12. The van der Waals surface area contributed by atoms with Crippen LogP contribution in [0.3, 0.4) is 0 Å². The lowest BCUT2D eigenvalue weighted by molar-refractivity contribution is -0.166. The van der Waals surface area contributed by atoms with Crippen molar-refractivity contribution in [1.82, 2.24) is 24.8 Å². The Morgan fingerprint density at radius 2 is 1.45 bits per heavy atom. The summed E-state index contributed by atoms with van der Waals surface area (Å²) in [7, 11) is 1.17. The van der Waals surface area contributed by atoms with Crippen LogP contribution in [-0.4, -0.2) is 74.3 Å². The first kappa shape index (κ1) is 53.5. The number of aromatic nitrogens is 4. The third kappa shape index (κ3) is 10.1. The van der Waals surface area contributed by atoms with E-state index in [0.717, 1.165) is 6.08 Å². The molecule has 0 spiro atoms. The summed E-state index contributed by atoms with van der Waals surface area (Å²) in [6, 6.07) is 5.91. The van der Waals surface area contributed by atoms with Gasteiger partial charge in [0.25, 0.3) is 11.8 Å². The van der Waals surface area contributed by atoms with Crippen LogP contribution >= 0.6 is 0 Å². The highest BCUT2D eigenvalue weighted by Gasteiger charge is 2.46. The van der Waals surface area contributed by atoms with Crippen LogP contribution < -0.4 is 0 Å². The van der Waals surface area contributed by atoms with E-state index >= 15 is 4.79 Å². The smallest absolute Gasteiger partial charge is 0.416 e. The van der Waals surface area contributed by atoms with Crippen LogP contribution in [0.5, 0.6) is 0 Å². The zero-order valence-corrected chi connectivity index (χ0v) is 40.7. The van der Waals surface area contributed by atoms with E-state index in [1.807, 2.05) is 13.8 Å². The molecule has 6 heterocycles. The van der Waals surface area contributed by atoms with E-state index in [0.29, 0.717) is 74.7 Å². The molecule has 394 valence electrons. The van der Waals surface area contributed by atoms with Gasteiger partial charge in [0, 0.05) is 69.5 Å². The topological polar surface area (TPSA) is 133 Å². The molecule has 74 heavy (non-hydrogen) atoms. The summed E-state index contributed by atoms with van der Waals surface area (Å²) in [4.78, 5) is 64.2. The number of hydrogen-bond acceptors (Lipinski definition) is 7. The van der Waals surface area contributed by atoms with Gasteiger partial charge in [0.05, 0.1) is 71.0 Å². The first-order valence-electron chi connectivity index (χ1n) is 23.5. The summed E-state index contributed by atoms with van der Waals surface area (Å²) in [6.45, 7) is 8.88. The van der Waals surface area contributed by atoms with Gasteiger partial charge in [0.1, 0.15) is 0 Å². The minimum Gasteiger partial charge on any atom is -0.469 e. The summed E-state index contributed by atoms with van der Waals surface area (Å²) in [6.07, 6.45) is -19.9. The fraction of sp³-hybridized carbons (Fsp3) is 0.423. The van der Waals surface area contributed by atoms with Crippen molar-refractivity contribution in [2.75, 3.05) is 13.7 Å². The van der Waals surface area contributed by atoms with Crippen molar-refractivity contribution in [1.29, 1.82) is 0 Å². The lowest BCUT2D eigenvalue weighted by Crippen LogP contribution is -2.40. The number of H-pyrrole nitrogens is 2. The maximum absolute atomic E-state index is 15.1. The van der Waals surface area contributed by atoms with Crippen molar-refractivity contribution in [3.63, 3.8) is 0 Å². The van der Waals surface area contributed by atoms with Gasteiger partial charge in [-0.15, -0.1) is 0 Å². The van der Waals surface area contributed by atoms with Crippen molar-refractivity contribution < 1.29 is 71.8 Å². The molecule has 1 aromatic carbocycles. The number of fused-ring (bicyclic) bond motifs is 8. The minimum absolute atomic E-state index is 0.000559. The van der Waals surface area contributed by atoms with E-state index in [1.165, 1.54) is 7.11 Å². The maximum atomic E-state index is 15.1. The molecule has 1 aliphatic carbocycles. The standard InChI is InChI=1S/C52H48F12N6O4/c1-8-33-22(2)35-19-40-42(26(6)65-20-27-11-29(49(53,54)55)15-30(12-27)50(56,57)58)24(4)37(67-40)17-36-23(3)34(9-10-41(71)74-7)45(68-36)44-46-43(25(5)38(69-46)18-39(33)66-35)47(72)70(48(44)73)21-28-13-31(51(59,60)61)16-32(14-28)52(62,63)64/h11-14,16-19,22-23,29,33-34,66,69H,8-10,15,20-21H2,1-7H3/t22?,23-,29?,33?,34-/m0/s1. The molecule has 0 fully saturated rings. The monoisotopic (exact) mass is 1050 g/mol. The number of halogens is 12. The van der Waals surface area contributed by atoms with Crippen LogP contribution in [0, 0.1) is 12.8 Å². The number of carbonyl (C=O) groups excluding carboxylic acids is 3. The number of hydrogen-bond donors (Lipinski definition) is 2. The summed E-state index contributed by atoms with van der Waals surface area (Å²) in [5, 5.41) is 0. The number of allylic oxidation sites excluding steroid dienone is 4. The Hall–Kier alpha value is -6.74. The number of methoxy groups -OCH3 is 1. The van der Waals surface area contributed by atoms with Crippen molar-refractivity contribution in [2.24, 2.45) is 10.9 Å². The quantitative estimate of drug-likeness (QED) is 0.0949. The van der Waals surface area contributed by atoms with Gasteiger partial charge in [-0.2, -0.15) is 52.7 Å². The highest BCUT2D eigenvalue weighted by atomic mass is 19.4. The van der Waals surface area contributed by atoms with Gasteiger partial charge in [-0.3, -0.25) is 29.3 Å². The minimum atomic E-state index is -5.24. The fourth-order valence-electron chi connectivity index (χ4n) is 10.4. The second-order valence-corrected chi connectivity index (χ2v) is 19.1. The predicted molar refractivity (Wildman–Crippen MR) is 248 cm³/mol. The molecule has 0 radical (unpaired) electrons. The zero-order chi connectivity index (χ0) is 54.3. The number of aliphatic imine (C=N–C) groups is 1. The van der Waals surface area contributed by atoms with Crippen LogP contribution in [0.15, 0.2) is 64.7 Å². The van der Waals surface area contributed by atoms with Crippen LogP contribution in [0.25, 0.3) is 22.2 Å². The summed E-state index contributed by atoms with van der Waals surface area (Å²) in [5.41, 5.74) is -1.92. The van der Waals surface area contributed by atoms with E-state index in [1.54, 1.807) is 45.9 Å². The van der Waals surface area contributed by atoms with E-state index in [4.69, 9.17) is 14.7 Å². The number of carbonyl (C=O) groups is 3. The van der Waals surface area contributed by atoms with E-state index in [2.05, 4.69) is 15.0 Å². The molecule has 0 saturated heterocycles. The number of esters is 1. The molecular weight excluding hydrogens is 1000 g/mol. The Balaban J connectivity index is 1.38. The number of aryl methyl sites for hydroxylation is 1. The van der Waals surface area contributed by atoms with Crippen LogP contribution in [-0.2, 0) is 28.4 Å². The zero-order valence-electron chi connectivity index (χ0n) is 40.7. The van der Waals surface area contributed by atoms with Crippen molar-refractivity contribution in [2.45, 2.75) is 122 Å². The molecule has 2 amide bonds. The highest BCUT2D eigenvalue weighted by molar-refractivity contribution is 6.30. The van der Waals surface area contributed by atoms with Gasteiger partial charge in [-0.05, 0) is 105 Å². The average Bonchev–Trinajstić information content (AvgIpc) is 4.00. The number of imide groups is 1. The molecule has 22 heteroatoms. The van der Waals surface area contributed by atoms with Gasteiger partial charge < -0.3 is 14.7 Å². The van der Waals surface area contributed by atoms with E-state index in [9.17, 15) is 62.3 Å². The summed E-state index contributed by atoms with van der Waals surface area (Å²) in [5.74, 6) is -7.02. The molecule has 10 nitrogen and oxygen atoms in total. The third-order valence-electron chi connectivity index (χ3n) is 14.5. The molecule has 3 unspecified atom stereocenters. The first-order valence-corrected chi connectivity index (χ1v) is 23.5. The first-order chi connectivity index (χ1) is 34.4. The second-order valence-electron chi connectivity index (χ2n) is 19.1. The molecule has 5 aliphatic rings. The fourth-order valence-corrected chi connectivity index (χ4v) is 10.4. The third-order valence-corrected chi connectivity index (χ3v) is 14.5. The molecule has 8 bridgehead atoms. The van der Waals surface area contributed by atoms with Gasteiger partial charge >= 0.3 is 30.7 Å². The Labute approximate surface area is 415 Å². The number of amides is 2. The Morgan fingerprint density at radius 1 is 0.797 bits per heavy atom. The lowest BCUT2D eigenvalue weighted by Gasteiger charge is -2.27. The maximum Gasteiger partial charge on any atom is 0.416 e. The largest absolute Gasteiger partial charge is 0.469 e. The Morgan fingerprint density at radius 3 is 2.04 bits per heavy atom. The number of benzene rings is 1. The average molecular weight is 1050 g/mol. The van der Waals surface area contributed by atoms with Gasteiger partial charge in [-0.25, -0.2) is 4.98 Å². The summed E-state index contributed by atoms with van der Waals surface area (Å²) >= 11 is 0. The molecule has 8 rings (SSSR count). The number of ether oxygens (including phenoxy) is 1. The molecule has 3 aromatic rings. The number of nitrogens with zero attached hydrogens (tertiary/aromatic N) is 4. The molecule has 0 saturated carbocycles. The van der Waals surface area contributed by atoms with E-state index < -0.39 is 102 Å². The SMILES string of the molecule is CCC1c2cc3[nH]c4c(c5nc(cc6nc(cc([nH]2)C1C)C(C(C)=NCC1=CC(C(F)(F)F)CC(C(F)(F)F)=C1)=C6C)[C@@H](C)[C@@H]5CCC(=O)OC)C(=O)N(Cc1cc(C(F)(F)F)cc(C(F)(F)F)c1)C(=O)c4c3C. The normalized spacial score (nSPS) is 21.3. The molecular formula is C52H48F12N6O4. The number of nitrogens with one attached hydrogen (secondary N) is 2. The molecule has 4 aliphatic heterocycles. The lowest BCUT2D eigenvalue weighted by atomic mass is 9.84. The van der Waals surface area contributed by atoms with Crippen LogP contribution in [0.2, 0.25) is 0 Å². The van der Waals surface area contributed by atoms with Crippen LogP contribution in [0.4, 0.5) is 52.7 Å². The molecule has 5 atom stereocenters. The van der Waals surface area contributed by atoms with Gasteiger partial charge in [0.15, 0.2) is 0 Å². The Kier molecular flexibility index (Phi) is 13.9. The van der Waals surface area contributed by atoms with Crippen molar-refractivity contribution >= 4 is 45.7 Å². The van der Waals surface area contributed by atoms with E-state index in [-0.39, 0.29) is 69.9 Å².